The van der Waals surface area contributed by atoms with Gasteiger partial charge >= 0.3 is 5.69 Å². The first-order valence-electron chi connectivity index (χ1n) is 10.3. The van der Waals surface area contributed by atoms with Crippen LogP contribution in [-0.4, -0.2) is 19.5 Å². The molecule has 0 radical (unpaired) electrons. The zero-order valence-corrected chi connectivity index (χ0v) is 17.8. The Labute approximate surface area is 182 Å². The molecule has 1 saturated carbocycles. The number of halogens is 2. The monoisotopic (exact) mass is 434 g/mol. The van der Waals surface area contributed by atoms with Crippen molar-refractivity contribution in [2.45, 2.75) is 39.5 Å². The predicted molar refractivity (Wildman–Crippen MR) is 115 cm³/mol. The summed E-state index contributed by atoms with van der Waals surface area (Å²) in [7, 11) is 0. The number of oxazole rings is 1. The Balaban J connectivity index is 1.74. The average molecular weight is 434 g/mol. The van der Waals surface area contributed by atoms with Crippen molar-refractivity contribution in [2.75, 3.05) is 0 Å². The molecule has 8 heteroatoms. The second-order valence-corrected chi connectivity index (χ2v) is 8.15. The summed E-state index contributed by atoms with van der Waals surface area (Å²) in [6, 6.07) is 7.70. The number of hydrogen-bond donors (Lipinski definition) is 0. The molecule has 162 valence electrons. The van der Waals surface area contributed by atoms with E-state index in [0.29, 0.717) is 17.0 Å². The van der Waals surface area contributed by atoms with Gasteiger partial charge in [-0.25, -0.2) is 23.1 Å². The van der Waals surface area contributed by atoms with Crippen LogP contribution in [0.25, 0.3) is 28.7 Å². The van der Waals surface area contributed by atoms with Gasteiger partial charge in [0.2, 0.25) is 5.89 Å². The number of nitrogens with zero attached hydrogens (tertiary/aromatic N) is 4. The largest absolute Gasteiger partial charge is 0.432 e. The van der Waals surface area contributed by atoms with Gasteiger partial charge in [0.25, 0.3) is 0 Å². The topological polar surface area (TPSA) is 73.8 Å². The zero-order valence-electron chi connectivity index (χ0n) is 17.8. The number of aromatic nitrogens is 4. The Bertz CT molecular complexity index is 1400. The third kappa shape index (κ3) is 3.51. The normalized spacial score (nSPS) is 13.5. The molecule has 1 aliphatic carbocycles. The second-order valence-electron chi connectivity index (χ2n) is 8.15. The van der Waals surface area contributed by atoms with Crippen molar-refractivity contribution < 1.29 is 13.2 Å². The number of hydrogen-bond acceptors (Lipinski definition) is 5. The molecule has 1 aromatic carbocycles. The first-order chi connectivity index (χ1) is 15.3. The van der Waals surface area contributed by atoms with Crippen molar-refractivity contribution >= 4 is 0 Å². The Morgan fingerprint density at radius 1 is 1.00 bits per heavy atom. The minimum absolute atomic E-state index is 0.0403. The lowest BCUT2D eigenvalue weighted by Crippen LogP contribution is -2.22. The van der Waals surface area contributed by atoms with Crippen LogP contribution in [0.4, 0.5) is 8.78 Å². The summed E-state index contributed by atoms with van der Waals surface area (Å²) < 4.78 is 36.7. The van der Waals surface area contributed by atoms with Crippen molar-refractivity contribution in [3.05, 3.63) is 81.2 Å². The molecule has 5 rings (SSSR count). The number of rotatable bonds is 4. The lowest BCUT2D eigenvalue weighted by atomic mass is 10.1. The molecule has 3 heterocycles. The van der Waals surface area contributed by atoms with Crippen LogP contribution >= 0.6 is 0 Å². The van der Waals surface area contributed by atoms with E-state index in [-0.39, 0.29) is 23.4 Å². The Kier molecular flexibility index (Phi) is 4.73. The highest BCUT2D eigenvalue weighted by molar-refractivity contribution is 5.69. The molecule has 0 bridgehead atoms. The van der Waals surface area contributed by atoms with Crippen molar-refractivity contribution in [1.29, 1.82) is 0 Å². The maximum Gasteiger partial charge on any atom is 0.353 e. The molecule has 0 unspecified atom stereocenters. The number of benzene rings is 1. The SMILES string of the molecule is Cc1cc(F)c(-c2oc(-c3ccc(C)c(C)n3)nc2-n2ccc(C3CC3)nc2=O)c(F)c1. The van der Waals surface area contributed by atoms with Crippen LogP contribution in [0.5, 0.6) is 0 Å². The standard InChI is InChI=1S/C24H20F2N4O2/c1-12-10-16(25)20(17(26)11-12)21-22(30-9-8-18(15-5-6-15)28-24(30)31)29-23(32-21)19-7-4-13(2)14(3)27-19/h4,7-11,15H,5-6H2,1-3H3. The molecular formula is C24H20F2N4O2. The smallest absolute Gasteiger partial charge is 0.353 e. The molecule has 1 fully saturated rings. The summed E-state index contributed by atoms with van der Waals surface area (Å²) >= 11 is 0. The molecule has 3 aromatic heterocycles. The van der Waals surface area contributed by atoms with E-state index in [0.717, 1.165) is 28.7 Å². The molecular weight excluding hydrogens is 414 g/mol. The fourth-order valence-electron chi connectivity index (χ4n) is 3.60. The van der Waals surface area contributed by atoms with Gasteiger partial charge in [-0.15, -0.1) is 0 Å². The van der Waals surface area contributed by atoms with E-state index < -0.39 is 22.9 Å². The average Bonchev–Trinajstić information content (AvgIpc) is 3.50. The van der Waals surface area contributed by atoms with Gasteiger partial charge in [-0.2, -0.15) is 9.97 Å². The van der Waals surface area contributed by atoms with Gasteiger partial charge in [-0.1, -0.05) is 6.07 Å². The summed E-state index contributed by atoms with van der Waals surface area (Å²) in [6.07, 6.45) is 3.51. The molecule has 32 heavy (non-hydrogen) atoms. The lowest BCUT2D eigenvalue weighted by Gasteiger charge is -2.07. The summed E-state index contributed by atoms with van der Waals surface area (Å²) in [5.41, 5.74) is 2.29. The van der Waals surface area contributed by atoms with E-state index in [1.807, 2.05) is 19.9 Å². The predicted octanol–water partition coefficient (Wildman–Crippen LogP) is 5.03. The van der Waals surface area contributed by atoms with Gasteiger partial charge in [-0.05, 0) is 69.0 Å². The first-order valence-corrected chi connectivity index (χ1v) is 10.3. The van der Waals surface area contributed by atoms with Crippen molar-refractivity contribution in [3.63, 3.8) is 0 Å². The summed E-state index contributed by atoms with van der Waals surface area (Å²) in [5.74, 6) is -1.52. The third-order valence-corrected chi connectivity index (χ3v) is 5.64. The van der Waals surface area contributed by atoms with Crippen LogP contribution in [-0.2, 0) is 0 Å². The minimum atomic E-state index is -0.810. The highest BCUT2D eigenvalue weighted by Crippen LogP contribution is 2.39. The maximum atomic E-state index is 14.9. The highest BCUT2D eigenvalue weighted by atomic mass is 19.1. The van der Waals surface area contributed by atoms with Gasteiger partial charge < -0.3 is 4.42 Å². The molecule has 0 saturated heterocycles. The maximum absolute atomic E-state index is 14.9. The van der Waals surface area contributed by atoms with Crippen molar-refractivity contribution in [3.8, 4) is 28.7 Å². The molecule has 6 nitrogen and oxygen atoms in total. The summed E-state index contributed by atoms with van der Waals surface area (Å²) in [4.78, 5) is 25.8. The molecule has 0 spiro atoms. The highest BCUT2D eigenvalue weighted by Gasteiger charge is 2.28. The van der Waals surface area contributed by atoms with E-state index in [1.165, 1.54) is 18.3 Å². The molecule has 0 aliphatic heterocycles. The first kappa shape index (κ1) is 20.2. The van der Waals surface area contributed by atoms with E-state index >= 15 is 0 Å². The van der Waals surface area contributed by atoms with Gasteiger partial charge in [-0.3, -0.25) is 0 Å². The van der Waals surface area contributed by atoms with E-state index in [2.05, 4.69) is 15.0 Å². The molecule has 0 amide bonds. The summed E-state index contributed by atoms with van der Waals surface area (Å²) in [5, 5.41) is 0. The van der Waals surface area contributed by atoms with Crippen LogP contribution in [0.3, 0.4) is 0 Å². The van der Waals surface area contributed by atoms with Gasteiger partial charge in [0, 0.05) is 17.8 Å². The Morgan fingerprint density at radius 2 is 1.72 bits per heavy atom. The van der Waals surface area contributed by atoms with Crippen LogP contribution in [0.1, 0.15) is 41.3 Å². The van der Waals surface area contributed by atoms with Gasteiger partial charge in [0.15, 0.2) is 11.6 Å². The Morgan fingerprint density at radius 3 is 2.34 bits per heavy atom. The quantitative estimate of drug-likeness (QED) is 0.450. The van der Waals surface area contributed by atoms with E-state index in [1.54, 1.807) is 19.1 Å². The molecule has 0 N–H and O–H groups in total. The summed E-state index contributed by atoms with van der Waals surface area (Å²) in [6.45, 7) is 5.35. The van der Waals surface area contributed by atoms with Gasteiger partial charge in [0.05, 0.1) is 11.3 Å². The van der Waals surface area contributed by atoms with Gasteiger partial charge in [0.1, 0.15) is 17.3 Å². The van der Waals surface area contributed by atoms with E-state index in [4.69, 9.17) is 4.42 Å². The fourth-order valence-corrected chi connectivity index (χ4v) is 3.60. The third-order valence-electron chi connectivity index (χ3n) is 5.64. The Hall–Kier alpha value is -3.68. The van der Waals surface area contributed by atoms with E-state index in [9.17, 15) is 13.6 Å². The lowest BCUT2D eigenvalue weighted by molar-refractivity contribution is 0.549. The second kappa shape index (κ2) is 7.47. The van der Waals surface area contributed by atoms with Crippen molar-refractivity contribution in [1.82, 2.24) is 19.5 Å². The zero-order chi connectivity index (χ0) is 22.6. The molecule has 4 aromatic rings. The molecule has 0 atom stereocenters. The van der Waals surface area contributed by atoms with Crippen LogP contribution in [0.15, 0.2) is 45.7 Å². The number of aryl methyl sites for hydroxylation is 3. The van der Waals surface area contributed by atoms with Crippen molar-refractivity contribution in [2.24, 2.45) is 0 Å². The van der Waals surface area contributed by atoms with Crippen LogP contribution in [0.2, 0.25) is 0 Å². The van der Waals surface area contributed by atoms with Crippen LogP contribution in [0, 0.1) is 32.4 Å². The van der Waals surface area contributed by atoms with Crippen LogP contribution < -0.4 is 5.69 Å². The molecule has 1 aliphatic rings. The minimum Gasteiger partial charge on any atom is -0.432 e. The fraction of sp³-hybridized carbons (Fsp3) is 0.250. The number of pyridine rings is 1.